The van der Waals surface area contributed by atoms with Crippen LogP contribution in [0.4, 0.5) is 13.2 Å². The standard InChI is InChI=1S/C10H9F3O2/c11-9(10(12)13)7-3-1-2-6(4-7)5-8(14)15/h1-4,9-10H,5H2,(H,14,15). The molecule has 1 N–H and O–H groups in total. The lowest BCUT2D eigenvalue weighted by Crippen LogP contribution is -2.05. The summed E-state index contributed by atoms with van der Waals surface area (Å²) in [6, 6.07) is 5.17. The maximum atomic E-state index is 12.9. The summed E-state index contributed by atoms with van der Waals surface area (Å²) in [6.45, 7) is 0. The van der Waals surface area contributed by atoms with Crippen molar-refractivity contribution in [3.8, 4) is 0 Å². The molecule has 0 spiro atoms. The fourth-order valence-electron chi connectivity index (χ4n) is 1.19. The van der Waals surface area contributed by atoms with Gasteiger partial charge in [0.25, 0.3) is 6.43 Å². The van der Waals surface area contributed by atoms with Gasteiger partial charge in [-0.15, -0.1) is 0 Å². The van der Waals surface area contributed by atoms with Crippen LogP contribution >= 0.6 is 0 Å². The summed E-state index contributed by atoms with van der Waals surface area (Å²) in [7, 11) is 0. The monoisotopic (exact) mass is 218 g/mol. The summed E-state index contributed by atoms with van der Waals surface area (Å²) in [5.74, 6) is -1.08. The molecule has 82 valence electrons. The third-order valence-electron chi connectivity index (χ3n) is 1.85. The Morgan fingerprint density at radius 2 is 2.00 bits per heavy atom. The van der Waals surface area contributed by atoms with Gasteiger partial charge in [0.1, 0.15) is 0 Å². The zero-order valence-corrected chi connectivity index (χ0v) is 7.66. The Balaban J connectivity index is 2.87. The first-order chi connectivity index (χ1) is 7.00. The molecule has 1 atom stereocenters. The molecule has 0 fully saturated rings. The molecule has 0 aromatic heterocycles. The van der Waals surface area contributed by atoms with E-state index in [-0.39, 0.29) is 12.0 Å². The summed E-state index contributed by atoms with van der Waals surface area (Å²) < 4.78 is 36.9. The van der Waals surface area contributed by atoms with E-state index in [4.69, 9.17) is 5.11 Å². The topological polar surface area (TPSA) is 37.3 Å². The number of carboxylic acids is 1. The van der Waals surface area contributed by atoms with Crippen molar-refractivity contribution in [1.82, 2.24) is 0 Å². The lowest BCUT2D eigenvalue weighted by Gasteiger charge is -2.08. The second-order valence-electron chi connectivity index (χ2n) is 3.05. The molecule has 1 unspecified atom stereocenters. The zero-order valence-electron chi connectivity index (χ0n) is 7.66. The van der Waals surface area contributed by atoms with Crippen LogP contribution < -0.4 is 0 Å². The molecule has 0 amide bonds. The van der Waals surface area contributed by atoms with Crippen molar-refractivity contribution in [1.29, 1.82) is 0 Å². The fourth-order valence-corrected chi connectivity index (χ4v) is 1.19. The Morgan fingerprint density at radius 3 is 2.53 bits per heavy atom. The smallest absolute Gasteiger partial charge is 0.307 e. The van der Waals surface area contributed by atoms with E-state index in [0.717, 1.165) is 6.07 Å². The summed E-state index contributed by atoms with van der Waals surface area (Å²) in [6.07, 6.45) is -5.76. The highest BCUT2D eigenvalue weighted by Gasteiger charge is 2.21. The Labute approximate surface area is 84.3 Å². The number of benzene rings is 1. The van der Waals surface area contributed by atoms with Gasteiger partial charge in [0.05, 0.1) is 6.42 Å². The first-order valence-corrected chi connectivity index (χ1v) is 4.23. The third kappa shape index (κ3) is 3.27. The second kappa shape index (κ2) is 4.82. The fraction of sp³-hybridized carbons (Fsp3) is 0.300. The normalized spacial score (nSPS) is 12.8. The number of alkyl halides is 3. The first-order valence-electron chi connectivity index (χ1n) is 4.23. The summed E-state index contributed by atoms with van der Waals surface area (Å²) in [4.78, 5) is 10.3. The summed E-state index contributed by atoms with van der Waals surface area (Å²) in [5.41, 5.74) is 0.118. The average Bonchev–Trinajstić information content (AvgIpc) is 2.16. The van der Waals surface area contributed by atoms with Crippen LogP contribution in [0.5, 0.6) is 0 Å². The van der Waals surface area contributed by atoms with Crippen LogP contribution in [-0.2, 0) is 11.2 Å². The van der Waals surface area contributed by atoms with E-state index in [1.54, 1.807) is 0 Å². The van der Waals surface area contributed by atoms with E-state index < -0.39 is 18.6 Å². The predicted octanol–water partition coefficient (Wildman–Crippen LogP) is 2.59. The minimum atomic E-state index is -3.09. The van der Waals surface area contributed by atoms with Crippen LogP contribution in [-0.4, -0.2) is 17.5 Å². The predicted molar refractivity (Wildman–Crippen MR) is 47.6 cm³/mol. The Kier molecular flexibility index (Phi) is 3.71. The van der Waals surface area contributed by atoms with Crippen LogP contribution in [0.15, 0.2) is 24.3 Å². The van der Waals surface area contributed by atoms with Gasteiger partial charge in [0.15, 0.2) is 6.17 Å². The molecule has 0 saturated carbocycles. The maximum absolute atomic E-state index is 12.9. The van der Waals surface area contributed by atoms with Gasteiger partial charge in [-0.25, -0.2) is 13.2 Å². The van der Waals surface area contributed by atoms with Crippen molar-refractivity contribution in [3.05, 3.63) is 35.4 Å². The molecule has 2 nitrogen and oxygen atoms in total. The molecule has 1 aromatic rings. The molecule has 0 heterocycles. The van der Waals surface area contributed by atoms with Gasteiger partial charge in [0, 0.05) is 0 Å². The highest BCUT2D eigenvalue weighted by Crippen LogP contribution is 2.25. The molecule has 0 aliphatic rings. The van der Waals surface area contributed by atoms with Crippen LogP contribution in [0, 0.1) is 0 Å². The number of halogens is 3. The number of hydrogen-bond donors (Lipinski definition) is 1. The molecule has 0 saturated heterocycles. The van der Waals surface area contributed by atoms with Gasteiger partial charge in [-0.3, -0.25) is 4.79 Å². The second-order valence-corrected chi connectivity index (χ2v) is 3.05. The Hall–Kier alpha value is -1.52. The Morgan fingerprint density at radius 1 is 1.33 bits per heavy atom. The van der Waals surface area contributed by atoms with Gasteiger partial charge in [-0.1, -0.05) is 24.3 Å². The van der Waals surface area contributed by atoms with Gasteiger partial charge < -0.3 is 5.11 Å². The lowest BCUT2D eigenvalue weighted by molar-refractivity contribution is -0.136. The van der Waals surface area contributed by atoms with Crippen molar-refractivity contribution in [3.63, 3.8) is 0 Å². The number of rotatable bonds is 4. The molecule has 0 bridgehead atoms. The van der Waals surface area contributed by atoms with Crippen LogP contribution in [0.25, 0.3) is 0 Å². The van der Waals surface area contributed by atoms with Crippen molar-refractivity contribution in [2.24, 2.45) is 0 Å². The van der Waals surface area contributed by atoms with Crippen molar-refractivity contribution < 1.29 is 23.1 Å². The molecule has 1 aromatic carbocycles. The maximum Gasteiger partial charge on any atom is 0.307 e. The van der Waals surface area contributed by atoms with Gasteiger partial charge in [-0.05, 0) is 11.1 Å². The van der Waals surface area contributed by atoms with E-state index >= 15 is 0 Å². The average molecular weight is 218 g/mol. The van der Waals surface area contributed by atoms with Crippen molar-refractivity contribution >= 4 is 5.97 Å². The summed E-state index contributed by atoms with van der Waals surface area (Å²) in [5, 5.41) is 8.46. The SMILES string of the molecule is O=C(O)Cc1cccc(C(F)C(F)F)c1. The number of carbonyl (C=O) groups is 1. The third-order valence-corrected chi connectivity index (χ3v) is 1.85. The first kappa shape index (κ1) is 11.6. The van der Waals surface area contributed by atoms with E-state index in [2.05, 4.69) is 0 Å². The van der Waals surface area contributed by atoms with Crippen LogP contribution in [0.1, 0.15) is 17.3 Å². The molecule has 5 heteroatoms. The molecule has 0 radical (unpaired) electrons. The van der Waals surface area contributed by atoms with E-state index in [1.807, 2.05) is 0 Å². The minimum absolute atomic E-state index is 0.191. The molecule has 0 aliphatic heterocycles. The highest BCUT2D eigenvalue weighted by molar-refractivity contribution is 5.70. The van der Waals surface area contributed by atoms with Crippen LogP contribution in [0.3, 0.4) is 0 Å². The molecule has 1 rings (SSSR count). The van der Waals surface area contributed by atoms with E-state index in [9.17, 15) is 18.0 Å². The summed E-state index contributed by atoms with van der Waals surface area (Å²) >= 11 is 0. The highest BCUT2D eigenvalue weighted by atomic mass is 19.3. The number of carboxylic acid groups (broad SMARTS) is 1. The van der Waals surface area contributed by atoms with Crippen molar-refractivity contribution in [2.45, 2.75) is 19.0 Å². The zero-order chi connectivity index (χ0) is 11.4. The lowest BCUT2D eigenvalue weighted by atomic mass is 10.1. The van der Waals surface area contributed by atoms with Gasteiger partial charge >= 0.3 is 5.97 Å². The molecular formula is C10H9F3O2. The largest absolute Gasteiger partial charge is 0.481 e. The minimum Gasteiger partial charge on any atom is -0.481 e. The van der Waals surface area contributed by atoms with E-state index in [0.29, 0.717) is 5.56 Å². The van der Waals surface area contributed by atoms with Gasteiger partial charge in [-0.2, -0.15) is 0 Å². The van der Waals surface area contributed by atoms with E-state index in [1.165, 1.54) is 18.2 Å². The van der Waals surface area contributed by atoms with Crippen molar-refractivity contribution in [2.75, 3.05) is 0 Å². The van der Waals surface area contributed by atoms with Gasteiger partial charge in [0.2, 0.25) is 0 Å². The number of aliphatic carboxylic acids is 1. The molecule has 15 heavy (non-hydrogen) atoms. The molecule has 0 aliphatic carbocycles. The van der Waals surface area contributed by atoms with Crippen LogP contribution in [0.2, 0.25) is 0 Å². The quantitative estimate of drug-likeness (QED) is 0.843. The Bertz CT molecular complexity index is 352. The number of hydrogen-bond acceptors (Lipinski definition) is 1. The molecular weight excluding hydrogens is 209 g/mol.